The van der Waals surface area contributed by atoms with Gasteiger partial charge in [-0.1, -0.05) is 0 Å². The van der Waals surface area contributed by atoms with Crippen molar-refractivity contribution in [2.45, 2.75) is 6.18 Å². The Morgan fingerprint density at radius 1 is 1.24 bits per heavy atom. The summed E-state index contributed by atoms with van der Waals surface area (Å²) in [7, 11) is 0. The summed E-state index contributed by atoms with van der Waals surface area (Å²) in [5.74, 6) is -2.26. The van der Waals surface area contributed by atoms with Crippen LogP contribution >= 0.6 is 0 Å². The third-order valence-corrected chi connectivity index (χ3v) is 2.51. The molecule has 0 bridgehead atoms. The highest BCUT2D eigenvalue weighted by atomic mass is 19.4. The molecule has 1 heterocycles. The van der Waals surface area contributed by atoms with E-state index in [0.29, 0.717) is 12.1 Å². The lowest BCUT2D eigenvalue weighted by Gasteiger charge is -2.11. The van der Waals surface area contributed by atoms with Crippen molar-refractivity contribution >= 4 is 17.6 Å². The van der Waals surface area contributed by atoms with E-state index in [2.05, 4.69) is 15.5 Å². The molecule has 9 heteroatoms. The fraction of sp³-hybridized carbons (Fsp3) is 0.0833. The molecule has 0 aliphatic carbocycles. The van der Waals surface area contributed by atoms with Gasteiger partial charge >= 0.3 is 12.1 Å². The summed E-state index contributed by atoms with van der Waals surface area (Å²) in [6.45, 7) is 0. The molecule has 0 saturated carbocycles. The molecule has 0 spiro atoms. The topological polar surface area (TPSA) is 95.1 Å². The van der Waals surface area contributed by atoms with Gasteiger partial charge in [-0.05, 0) is 24.3 Å². The Bertz CT molecular complexity index is 681. The zero-order valence-electron chi connectivity index (χ0n) is 10.2. The molecule has 2 aromatic rings. The van der Waals surface area contributed by atoms with Crippen LogP contribution in [0, 0.1) is 0 Å². The highest BCUT2D eigenvalue weighted by molar-refractivity contribution is 6.03. The summed E-state index contributed by atoms with van der Waals surface area (Å²) in [6, 6.07) is 3.40. The van der Waals surface area contributed by atoms with Crippen molar-refractivity contribution in [1.29, 1.82) is 0 Å². The molecule has 3 N–H and O–H groups in total. The Morgan fingerprint density at radius 2 is 1.95 bits per heavy atom. The molecule has 0 fully saturated rings. The normalized spacial score (nSPS) is 11.2. The molecule has 110 valence electrons. The minimum Gasteiger partial charge on any atom is -0.478 e. The molecule has 1 amide bonds. The number of hydrogen-bond acceptors (Lipinski definition) is 3. The van der Waals surface area contributed by atoms with E-state index in [1.54, 1.807) is 0 Å². The van der Waals surface area contributed by atoms with Gasteiger partial charge in [-0.3, -0.25) is 9.89 Å². The second-order valence-corrected chi connectivity index (χ2v) is 4.03. The molecule has 1 aromatic heterocycles. The zero-order valence-corrected chi connectivity index (χ0v) is 10.2. The van der Waals surface area contributed by atoms with E-state index in [0.717, 1.165) is 6.07 Å². The number of nitrogens with one attached hydrogen (secondary N) is 2. The number of alkyl halides is 3. The van der Waals surface area contributed by atoms with E-state index in [1.807, 2.05) is 0 Å². The molecule has 0 saturated heterocycles. The predicted octanol–water partition coefficient (Wildman–Crippen LogP) is 2.38. The Hall–Kier alpha value is -2.84. The minimum atomic E-state index is -4.72. The first-order valence-corrected chi connectivity index (χ1v) is 5.53. The van der Waals surface area contributed by atoms with E-state index in [-0.39, 0.29) is 11.4 Å². The molecule has 21 heavy (non-hydrogen) atoms. The maximum Gasteiger partial charge on any atom is 0.416 e. The largest absolute Gasteiger partial charge is 0.478 e. The Kier molecular flexibility index (Phi) is 3.66. The van der Waals surface area contributed by atoms with E-state index in [4.69, 9.17) is 5.11 Å². The number of halogens is 3. The number of carbonyl (C=O) groups excluding carboxylic acids is 1. The van der Waals surface area contributed by atoms with Gasteiger partial charge in [0, 0.05) is 11.9 Å². The van der Waals surface area contributed by atoms with Crippen LogP contribution in [0.4, 0.5) is 18.9 Å². The Labute approximate surface area is 115 Å². The number of aromatic amines is 1. The molecule has 6 nitrogen and oxygen atoms in total. The van der Waals surface area contributed by atoms with Crippen LogP contribution in [-0.4, -0.2) is 27.2 Å². The number of carboxylic acid groups (broad SMARTS) is 1. The van der Waals surface area contributed by atoms with Crippen molar-refractivity contribution in [3.05, 3.63) is 47.3 Å². The van der Waals surface area contributed by atoms with Crippen LogP contribution in [0.5, 0.6) is 0 Å². The number of H-pyrrole nitrogens is 1. The molecule has 0 aliphatic heterocycles. The van der Waals surface area contributed by atoms with Crippen molar-refractivity contribution in [3.8, 4) is 0 Å². The van der Waals surface area contributed by atoms with Gasteiger partial charge < -0.3 is 10.4 Å². The molecular formula is C12H8F3N3O3. The molecule has 0 aliphatic rings. The second kappa shape index (κ2) is 5.27. The van der Waals surface area contributed by atoms with Crippen molar-refractivity contribution in [2.24, 2.45) is 0 Å². The maximum atomic E-state index is 12.7. The minimum absolute atomic E-state index is 0.0317. The summed E-state index contributed by atoms with van der Waals surface area (Å²) in [4.78, 5) is 22.6. The van der Waals surface area contributed by atoms with Crippen LogP contribution in [0.15, 0.2) is 30.5 Å². The number of hydrogen-bond donors (Lipinski definition) is 3. The number of aromatic nitrogens is 2. The molecule has 2 rings (SSSR count). The lowest BCUT2D eigenvalue weighted by atomic mass is 10.1. The quantitative estimate of drug-likeness (QED) is 0.811. The molecular weight excluding hydrogens is 291 g/mol. The van der Waals surface area contributed by atoms with Gasteiger partial charge in [0.2, 0.25) is 0 Å². The summed E-state index contributed by atoms with van der Waals surface area (Å²) in [5, 5.41) is 16.9. The number of aromatic carboxylic acids is 1. The summed E-state index contributed by atoms with van der Waals surface area (Å²) in [5.41, 5.74) is -1.99. The standard InChI is InChI=1S/C12H8F3N3O3/c13-12(14,15)7-3-6(11(20)21)4-8(5-7)17-10(19)9-1-2-16-18-9/h1-5H,(H,16,18)(H,17,19)(H,20,21). The van der Waals surface area contributed by atoms with Gasteiger partial charge in [0.1, 0.15) is 5.69 Å². The van der Waals surface area contributed by atoms with Crippen molar-refractivity contribution in [3.63, 3.8) is 0 Å². The zero-order chi connectivity index (χ0) is 15.6. The number of carboxylic acids is 1. The van der Waals surface area contributed by atoms with Gasteiger partial charge in [0.15, 0.2) is 0 Å². The van der Waals surface area contributed by atoms with Crippen LogP contribution in [-0.2, 0) is 6.18 Å². The van der Waals surface area contributed by atoms with E-state index < -0.39 is 29.2 Å². The number of carbonyl (C=O) groups is 2. The number of nitrogens with zero attached hydrogens (tertiary/aromatic N) is 1. The van der Waals surface area contributed by atoms with Crippen LogP contribution < -0.4 is 5.32 Å². The van der Waals surface area contributed by atoms with E-state index in [1.165, 1.54) is 12.3 Å². The fourth-order valence-corrected chi connectivity index (χ4v) is 1.57. The van der Waals surface area contributed by atoms with E-state index in [9.17, 15) is 22.8 Å². The van der Waals surface area contributed by atoms with Crippen molar-refractivity contribution in [1.82, 2.24) is 10.2 Å². The summed E-state index contributed by atoms with van der Waals surface area (Å²) >= 11 is 0. The summed E-state index contributed by atoms with van der Waals surface area (Å²) < 4.78 is 38.1. The smallest absolute Gasteiger partial charge is 0.416 e. The fourth-order valence-electron chi connectivity index (χ4n) is 1.57. The monoisotopic (exact) mass is 299 g/mol. The Balaban J connectivity index is 2.37. The second-order valence-electron chi connectivity index (χ2n) is 4.03. The predicted molar refractivity (Wildman–Crippen MR) is 64.9 cm³/mol. The highest BCUT2D eigenvalue weighted by Crippen LogP contribution is 2.32. The van der Waals surface area contributed by atoms with Gasteiger partial charge in [0.25, 0.3) is 5.91 Å². The first-order valence-electron chi connectivity index (χ1n) is 5.53. The molecule has 1 aromatic carbocycles. The van der Waals surface area contributed by atoms with Crippen LogP contribution in [0.1, 0.15) is 26.4 Å². The van der Waals surface area contributed by atoms with Crippen molar-refractivity contribution < 1.29 is 27.9 Å². The number of benzene rings is 1. The van der Waals surface area contributed by atoms with Crippen LogP contribution in [0.25, 0.3) is 0 Å². The van der Waals surface area contributed by atoms with Crippen LogP contribution in [0.3, 0.4) is 0 Å². The lowest BCUT2D eigenvalue weighted by molar-refractivity contribution is -0.137. The average molecular weight is 299 g/mol. The van der Waals surface area contributed by atoms with Gasteiger partial charge in [-0.2, -0.15) is 18.3 Å². The first-order chi connectivity index (χ1) is 9.77. The number of anilines is 1. The van der Waals surface area contributed by atoms with Gasteiger partial charge in [0.05, 0.1) is 11.1 Å². The summed E-state index contributed by atoms with van der Waals surface area (Å²) in [6.07, 6.45) is -3.43. The molecule has 0 atom stereocenters. The van der Waals surface area contributed by atoms with E-state index >= 15 is 0 Å². The first kappa shape index (κ1) is 14.6. The Morgan fingerprint density at radius 3 is 2.48 bits per heavy atom. The van der Waals surface area contributed by atoms with Crippen molar-refractivity contribution in [2.75, 3.05) is 5.32 Å². The third-order valence-electron chi connectivity index (χ3n) is 2.51. The number of rotatable bonds is 3. The third kappa shape index (κ3) is 3.38. The number of amides is 1. The van der Waals surface area contributed by atoms with Gasteiger partial charge in [-0.15, -0.1) is 0 Å². The van der Waals surface area contributed by atoms with Crippen LogP contribution in [0.2, 0.25) is 0 Å². The molecule has 0 unspecified atom stereocenters. The average Bonchev–Trinajstić information content (AvgIpc) is 2.91. The molecule has 0 radical (unpaired) electrons. The SMILES string of the molecule is O=C(O)c1cc(NC(=O)c2ccn[nH]2)cc(C(F)(F)F)c1. The lowest BCUT2D eigenvalue weighted by Crippen LogP contribution is -2.15. The maximum absolute atomic E-state index is 12.7. The highest BCUT2D eigenvalue weighted by Gasteiger charge is 2.32. The van der Waals surface area contributed by atoms with Gasteiger partial charge in [-0.25, -0.2) is 4.79 Å².